The zero-order valence-corrected chi connectivity index (χ0v) is 15.9. The molecule has 0 aliphatic heterocycles. The van der Waals surface area contributed by atoms with Crippen LogP contribution in [0.15, 0.2) is 0 Å². The van der Waals surface area contributed by atoms with Crippen LogP contribution in [0.1, 0.15) is 53.9 Å². The molecule has 0 rings (SSSR count). The highest BCUT2D eigenvalue weighted by molar-refractivity contribution is 6.74. The van der Waals surface area contributed by atoms with E-state index in [4.69, 9.17) is 4.43 Å². The highest BCUT2D eigenvalue weighted by atomic mass is 28.4. The van der Waals surface area contributed by atoms with Gasteiger partial charge in [-0.3, -0.25) is 9.59 Å². The van der Waals surface area contributed by atoms with Gasteiger partial charge in [0, 0.05) is 12.5 Å². The van der Waals surface area contributed by atoms with E-state index in [0.29, 0.717) is 12.3 Å². The maximum Gasteiger partial charge on any atom is 0.313 e. The molecule has 0 amide bonds. The van der Waals surface area contributed by atoms with E-state index < -0.39 is 14.3 Å². The minimum atomic E-state index is -1.78. The van der Waals surface area contributed by atoms with E-state index in [1.165, 1.54) is 7.11 Å². The fraction of sp³-hybridized carbons (Fsp3) is 0.875. The van der Waals surface area contributed by atoms with Gasteiger partial charge in [-0.25, -0.2) is 0 Å². The van der Waals surface area contributed by atoms with Crippen LogP contribution in [0.5, 0.6) is 0 Å². The van der Waals surface area contributed by atoms with E-state index in [1.807, 2.05) is 0 Å². The summed E-state index contributed by atoms with van der Waals surface area (Å²) >= 11 is 0. The van der Waals surface area contributed by atoms with Gasteiger partial charge in [0.2, 0.25) is 0 Å². The number of methoxy groups -OCH3 is 1. The molecule has 0 radical (unpaired) electrons. The number of esters is 1. The van der Waals surface area contributed by atoms with Crippen molar-refractivity contribution in [1.29, 1.82) is 0 Å². The van der Waals surface area contributed by atoms with Gasteiger partial charge in [-0.05, 0) is 37.4 Å². The fourth-order valence-electron chi connectivity index (χ4n) is 1.70. The van der Waals surface area contributed by atoms with Crippen molar-refractivity contribution in [1.82, 2.24) is 0 Å². The number of hydrogen-bond acceptors (Lipinski definition) is 4. The SMILES string of the molecule is COC(=O)CC(=O)CC[C@H](C)[C@@H](C)O[Si](C)(C)C(C)(C)C. The first-order valence-electron chi connectivity index (χ1n) is 7.67. The van der Waals surface area contributed by atoms with Crippen LogP contribution in [-0.2, 0) is 18.8 Å². The second kappa shape index (κ2) is 8.08. The third kappa shape index (κ3) is 7.22. The summed E-state index contributed by atoms with van der Waals surface area (Å²) in [6, 6.07) is 0. The zero-order valence-electron chi connectivity index (χ0n) is 14.9. The van der Waals surface area contributed by atoms with Crippen LogP contribution < -0.4 is 0 Å². The number of hydrogen-bond donors (Lipinski definition) is 0. The Morgan fingerprint density at radius 3 is 2.10 bits per heavy atom. The van der Waals surface area contributed by atoms with E-state index >= 15 is 0 Å². The molecule has 0 spiro atoms. The Balaban J connectivity index is 4.32. The Morgan fingerprint density at radius 1 is 1.14 bits per heavy atom. The van der Waals surface area contributed by atoms with Crippen molar-refractivity contribution in [2.45, 2.75) is 78.1 Å². The van der Waals surface area contributed by atoms with Crippen molar-refractivity contribution < 1.29 is 18.8 Å². The van der Waals surface area contributed by atoms with Crippen molar-refractivity contribution >= 4 is 20.1 Å². The number of Topliss-reactive ketones (excluding diaryl/α,β-unsaturated/α-hetero) is 1. The van der Waals surface area contributed by atoms with Gasteiger partial charge in [-0.15, -0.1) is 0 Å². The predicted octanol–water partition coefficient (Wildman–Crippen LogP) is 3.95. The molecule has 0 bridgehead atoms. The Bertz CT molecular complexity index is 358. The van der Waals surface area contributed by atoms with E-state index in [-0.39, 0.29) is 23.3 Å². The first-order chi connectivity index (χ1) is 9.40. The highest BCUT2D eigenvalue weighted by Crippen LogP contribution is 2.38. The lowest BCUT2D eigenvalue weighted by molar-refractivity contribution is -0.143. The van der Waals surface area contributed by atoms with E-state index in [9.17, 15) is 9.59 Å². The first kappa shape index (κ1) is 20.3. The molecule has 0 unspecified atom stereocenters. The molecule has 0 saturated carbocycles. The van der Waals surface area contributed by atoms with Crippen LogP contribution >= 0.6 is 0 Å². The number of ether oxygens (including phenoxy) is 1. The lowest BCUT2D eigenvalue weighted by Crippen LogP contribution is -2.44. The van der Waals surface area contributed by atoms with Crippen molar-refractivity contribution in [3.05, 3.63) is 0 Å². The maximum absolute atomic E-state index is 11.7. The molecular weight excluding hydrogens is 284 g/mol. The monoisotopic (exact) mass is 316 g/mol. The molecule has 21 heavy (non-hydrogen) atoms. The summed E-state index contributed by atoms with van der Waals surface area (Å²) in [4.78, 5) is 22.7. The fourth-order valence-corrected chi connectivity index (χ4v) is 3.22. The summed E-state index contributed by atoms with van der Waals surface area (Å²) in [6.07, 6.45) is 1.14. The lowest BCUT2D eigenvalue weighted by Gasteiger charge is -2.40. The number of carbonyl (C=O) groups excluding carboxylic acids is 2. The maximum atomic E-state index is 11.7. The van der Waals surface area contributed by atoms with Gasteiger partial charge in [0.1, 0.15) is 12.2 Å². The van der Waals surface area contributed by atoms with Crippen LogP contribution in [0.4, 0.5) is 0 Å². The number of rotatable bonds is 8. The minimum Gasteiger partial charge on any atom is -0.469 e. The lowest BCUT2D eigenvalue weighted by atomic mass is 9.98. The molecule has 0 aromatic carbocycles. The van der Waals surface area contributed by atoms with Crippen molar-refractivity contribution in [3.63, 3.8) is 0 Å². The third-order valence-electron chi connectivity index (χ3n) is 4.54. The molecule has 124 valence electrons. The van der Waals surface area contributed by atoms with Crippen LogP contribution in [0.25, 0.3) is 0 Å². The predicted molar refractivity (Wildman–Crippen MR) is 87.8 cm³/mol. The highest BCUT2D eigenvalue weighted by Gasteiger charge is 2.39. The summed E-state index contributed by atoms with van der Waals surface area (Å²) in [5.74, 6) is -0.229. The molecule has 0 aliphatic rings. The Kier molecular flexibility index (Phi) is 7.82. The van der Waals surface area contributed by atoms with Crippen LogP contribution in [-0.4, -0.2) is 33.3 Å². The smallest absolute Gasteiger partial charge is 0.313 e. The topological polar surface area (TPSA) is 52.6 Å². The van der Waals surface area contributed by atoms with Crippen LogP contribution in [0.3, 0.4) is 0 Å². The quantitative estimate of drug-likeness (QED) is 0.386. The molecular formula is C16H32O4Si. The number of ketones is 1. The number of carbonyl (C=O) groups is 2. The third-order valence-corrected chi connectivity index (χ3v) is 9.11. The zero-order chi connectivity index (χ0) is 16.8. The summed E-state index contributed by atoms with van der Waals surface area (Å²) < 4.78 is 10.8. The molecule has 0 aromatic heterocycles. The Labute approximate surface area is 130 Å². The van der Waals surface area contributed by atoms with E-state index in [0.717, 1.165) is 6.42 Å². The van der Waals surface area contributed by atoms with Crippen molar-refractivity contribution in [2.75, 3.05) is 7.11 Å². The molecule has 0 aromatic rings. The first-order valence-corrected chi connectivity index (χ1v) is 10.6. The van der Waals surface area contributed by atoms with Gasteiger partial charge in [0.05, 0.1) is 7.11 Å². The van der Waals surface area contributed by atoms with Crippen molar-refractivity contribution in [3.8, 4) is 0 Å². The molecule has 4 nitrogen and oxygen atoms in total. The average molecular weight is 317 g/mol. The molecule has 0 fully saturated rings. The second-order valence-electron chi connectivity index (χ2n) is 7.39. The Hall–Kier alpha value is -0.683. The molecule has 0 heterocycles. The van der Waals surface area contributed by atoms with Crippen molar-refractivity contribution in [2.24, 2.45) is 5.92 Å². The largest absolute Gasteiger partial charge is 0.469 e. The van der Waals surface area contributed by atoms with Crippen LogP contribution in [0, 0.1) is 5.92 Å². The van der Waals surface area contributed by atoms with E-state index in [1.54, 1.807) is 0 Å². The average Bonchev–Trinajstić information content (AvgIpc) is 2.33. The van der Waals surface area contributed by atoms with Gasteiger partial charge in [0.25, 0.3) is 0 Å². The van der Waals surface area contributed by atoms with E-state index in [2.05, 4.69) is 52.4 Å². The molecule has 0 N–H and O–H groups in total. The van der Waals surface area contributed by atoms with Gasteiger partial charge in [-0.1, -0.05) is 27.7 Å². The second-order valence-corrected chi connectivity index (χ2v) is 12.1. The standard InChI is InChI=1S/C16H32O4Si/c1-12(9-10-14(17)11-15(18)19-6)13(2)20-21(7,8)16(3,4)5/h12-13H,9-11H2,1-8H3/t12-,13+/m0/s1. The molecule has 5 heteroatoms. The van der Waals surface area contributed by atoms with Gasteiger partial charge < -0.3 is 9.16 Å². The minimum absolute atomic E-state index is 0.0618. The normalized spacial score (nSPS) is 15.4. The van der Waals surface area contributed by atoms with Gasteiger partial charge >= 0.3 is 5.97 Å². The molecule has 0 saturated heterocycles. The van der Waals surface area contributed by atoms with Gasteiger partial charge in [0.15, 0.2) is 8.32 Å². The van der Waals surface area contributed by atoms with Gasteiger partial charge in [-0.2, -0.15) is 0 Å². The summed E-state index contributed by atoms with van der Waals surface area (Å²) in [7, 11) is -0.479. The van der Waals surface area contributed by atoms with Crippen LogP contribution in [0.2, 0.25) is 18.1 Å². The summed E-state index contributed by atoms with van der Waals surface area (Å²) in [5, 5.41) is 0.182. The molecule has 2 atom stereocenters. The molecule has 0 aliphatic carbocycles. The Morgan fingerprint density at radius 2 is 1.67 bits per heavy atom. The summed E-state index contributed by atoms with van der Waals surface area (Å²) in [6.45, 7) is 15.3. The summed E-state index contributed by atoms with van der Waals surface area (Å²) in [5.41, 5.74) is 0.